The van der Waals surface area contributed by atoms with Gasteiger partial charge in [-0.15, -0.1) is 0 Å². The molecular formula is C18H19ClN2O. The third-order valence-electron chi connectivity index (χ3n) is 4.06. The van der Waals surface area contributed by atoms with Crippen molar-refractivity contribution in [2.24, 2.45) is 0 Å². The van der Waals surface area contributed by atoms with Crippen molar-refractivity contribution in [1.29, 1.82) is 0 Å². The molecule has 0 unspecified atom stereocenters. The number of hydrogen-bond acceptors (Lipinski definition) is 2. The minimum atomic E-state index is -0.0851. The van der Waals surface area contributed by atoms with Gasteiger partial charge in [0.25, 0.3) is 5.91 Å². The highest BCUT2D eigenvalue weighted by atomic mass is 35.5. The van der Waals surface area contributed by atoms with Crippen LogP contribution in [0, 0.1) is 0 Å². The number of amides is 1. The molecule has 1 fully saturated rings. The van der Waals surface area contributed by atoms with Crippen molar-refractivity contribution in [3.05, 3.63) is 64.7 Å². The van der Waals surface area contributed by atoms with Crippen molar-refractivity contribution in [1.82, 2.24) is 5.32 Å². The van der Waals surface area contributed by atoms with E-state index in [1.807, 2.05) is 18.2 Å². The lowest BCUT2D eigenvalue weighted by atomic mass is 9.89. The lowest BCUT2D eigenvalue weighted by molar-refractivity contribution is 0.102. The third-order valence-corrected chi connectivity index (χ3v) is 4.31. The summed E-state index contributed by atoms with van der Waals surface area (Å²) < 4.78 is 0. The summed E-state index contributed by atoms with van der Waals surface area (Å²) in [6.45, 7) is 2.09. The molecule has 114 valence electrons. The van der Waals surface area contributed by atoms with Gasteiger partial charge in [0.1, 0.15) is 0 Å². The van der Waals surface area contributed by atoms with Crippen molar-refractivity contribution in [3.8, 4) is 0 Å². The van der Waals surface area contributed by atoms with E-state index in [0.717, 1.165) is 31.6 Å². The van der Waals surface area contributed by atoms with Crippen LogP contribution in [-0.2, 0) is 0 Å². The Balaban J connectivity index is 1.73. The van der Waals surface area contributed by atoms with Gasteiger partial charge < -0.3 is 10.6 Å². The van der Waals surface area contributed by atoms with Crippen LogP contribution in [0.5, 0.6) is 0 Å². The van der Waals surface area contributed by atoms with Crippen LogP contribution < -0.4 is 10.6 Å². The van der Waals surface area contributed by atoms with E-state index >= 15 is 0 Å². The molecule has 22 heavy (non-hydrogen) atoms. The van der Waals surface area contributed by atoms with E-state index in [2.05, 4.69) is 16.7 Å². The Morgan fingerprint density at radius 3 is 2.55 bits per heavy atom. The maximum atomic E-state index is 12.4. The molecule has 2 aromatic carbocycles. The Morgan fingerprint density at radius 2 is 1.82 bits per heavy atom. The van der Waals surface area contributed by atoms with Crippen molar-refractivity contribution < 1.29 is 4.79 Å². The van der Waals surface area contributed by atoms with E-state index in [0.29, 0.717) is 16.5 Å². The third kappa shape index (κ3) is 3.67. The first kappa shape index (κ1) is 15.1. The summed E-state index contributed by atoms with van der Waals surface area (Å²) in [5, 5.41) is 6.93. The van der Waals surface area contributed by atoms with Crippen LogP contribution in [-0.4, -0.2) is 19.0 Å². The Hall–Kier alpha value is -1.84. The molecule has 0 spiro atoms. The van der Waals surface area contributed by atoms with Gasteiger partial charge >= 0.3 is 0 Å². The van der Waals surface area contributed by atoms with Gasteiger partial charge in [0.15, 0.2) is 0 Å². The van der Waals surface area contributed by atoms with Gasteiger partial charge in [0.05, 0.1) is 0 Å². The second-order valence-electron chi connectivity index (χ2n) is 5.61. The number of carbonyl (C=O) groups excluding carboxylic acids is 1. The van der Waals surface area contributed by atoms with E-state index in [1.165, 1.54) is 5.56 Å². The smallest absolute Gasteiger partial charge is 0.255 e. The molecule has 2 aromatic rings. The van der Waals surface area contributed by atoms with Crippen LogP contribution in [0.2, 0.25) is 5.02 Å². The Bertz CT molecular complexity index is 648. The summed E-state index contributed by atoms with van der Waals surface area (Å²) in [7, 11) is 0. The minimum absolute atomic E-state index is 0.0851. The van der Waals surface area contributed by atoms with Crippen LogP contribution in [0.15, 0.2) is 48.5 Å². The molecule has 0 aromatic heterocycles. The molecule has 1 saturated heterocycles. The van der Waals surface area contributed by atoms with Crippen LogP contribution in [0.1, 0.15) is 34.7 Å². The first-order valence-electron chi connectivity index (χ1n) is 7.60. The standard InChI is InChI=1S/C18H19ClN2O/c19-16-4-6-17(7-5-16)21-18(22)15-3-1-2-14(12-15)13-8-10-20-11-9-13/h1-7,12-13,20H,8-11H2,(H,21,22). The zero-order valence-corrected chi connectivity index (χ0v) is 13.1. The van der Waals surface area contributed by atoms with Gasteiger partial charge in [0.2, 0.25) is 0 Å². The molecule has 4 heteroatoms. The fraction of sp³-hybridized carbons (Fsp3) is 0.278. The number of piperidine rings is 1. The Morgan fingerprint density at radius 1 is 1.09 bits per heavy atom. The van der Waals surface area contributed by atoms with E-state index in [-0.39, 0.29) is 5.91 Å². The van der Waals surface area contributed by atoms with Gasteiger partial charge in [-0.1, -0.05) is 23.7 Å². The van der Waals surface area contributed by atoms with Gasteiger partial charge in [-0.3, -0.25) is 4.79 Å². The van der Waals surface area contributed by atoms with Crippen molar-refractivity contribution >= 4 is 23.2 Å². The van der Waals surface area contributed by atoms with Crippen LogP contribution in [0.3, 0.4) is 0 Å². The first-order valence-corrected chi connectivity index (χ1v) is 7.98. The quantitative estimate of drug-likeness (QED) is 0.897. The monoisotopic (exact) mass is 314 g/mol. The number of rotatable bonds is 3. The largest absolute Gasteiger partial charge is 0.322 e. The Kier molecular flexibility index (Phi) is 4.76. The number of benzene rings is 2. The van der Waals surface area contributed by atoms with Gasteiger partial charge in [-0.2, -0.15) is 0 Å². The molecule has 1 aliphatic rings. The zero-order chi connectivity index (χ0) is 15.4. The highest BCUT2D eigenvalue weighted by Crippen LogP contribution is 2.26. The molecule has 0 aliphatic carbocycles. The highest BCUT2D eigenvalue weighted by Gasteiger charge is 2.16. The van der Waals surface area contributed by atoms with Gasteiger partial charge in [0, 0.05) is 16.3 Å². The normalized spacial score (nSPS) is 15.5. The molecule has 0 atom stereocenters. The molecule has 0 radical (unpaired) electrons. The summed E-state index contributed by atoms with van der Waals surface area (Å²) in [6.07, 6.45) is 2.25. The maximum absolute atomic E-state index is 12.4. The van der Waals surface area contributed by atoms with Crippen LogP contribution in [0.25, 0.3) is 0 Å². The second-order valence-corrected chi connectivity index (χ2v) is 6.05. The first-order chi connectivity index (χ1) is 10.7. The Labute approximate surface area is 135 Å². The van der Waals surface area contributed by atoms with Crippen LogP contribution >= 0.6 is 11.6 Å². The maximum Gasteiger partial charge on any atom is 0.255 e. The predicted octanol–water partition coefficient (Wildman–Crippen LogP) is 4.06. The summed E-state index contributed by atoms with van der Waals surface area (Å²) >= 11 is 5.85. The SMILES string of the molecule is O=C(Nc1ccc(Cl)cc1)c1cccc(C2CCNCC2)c1. The molecule has 3 rings (SSSR count). The highest BCUT2D eigenvalue weighted by molar-refractivity contribution is 6.30. The summed E-state index contributed by atoms with van der Waals surface area (Å²) in [4.78, 5) is 12.4. The number of carbonyl (C=O) groups is 1. The number of hydrogen-bond donors (Lipinski definition) is 2. The number of nitrogens with one attached hydrogen (secondary N) is 2. The molecule has 0 saturated carbocycles. The van der Waals surface area contributed by atoms with Gasteiger partial charge in [-0.25, -0.2) is 0 Å². The molecule has 2 N–H and O–H groups in total. The minimum Gasteiger partial charge on any atom is -0.322 e. The van der Waals surface area contributed by atoms with E-state index in [4.69, 9.17) is 11.6 Å². The second kappa shape index (κ2) is 6.95. The van der Waals surface area contributed by atoms with Crippen molar-refractivity contribution in [3.63, 3.8) is 0 Å². The lowest BCUT2D eigenvalue weighted by Gasteiger charge is -2.23. The van der Waals surface area contributed by atoms with E-state index in [9.17, 15) is 4.79 Å². The molecule has 1 amide bonds. The van der Waals surface area contributed by atoms with Crippen LogP contribution in [0.4, 0.5) is 5.69 Å². The average molecular weight is 315 g/mol. The van der Waals surface area contributed by atoms with Crippen molar-refractivity contribution in [2.75, 3.05) is 18.4 Å². The number of anilines is 1. The lowest BCUT2D eigenvalue weighted by Crippen LogP contribution is -2.26. The summed E-state index contributed by atoms with van der Waals surface area (Å²) in [5.41, 5.74) is 2.71. The summed E-state index contributed by atoms with van der Waals surface area (Å²) in [6, 6.07) is 15.1. The molecule has 1 aliphatic heterocycles. The van der Waals surface area contributed by atoms with E-state index in [1.54, 1.807) is 24.3 Å². The van der Waals surface area contributed by atoms with Gasteiger partial charge in [-0.05, 0) is 73.8 Å². The molecule has 3 nitrogen and oxygen atoms in total. The zero-order valence-electron chi connectivity index (χ0n) is 12.3. The summed E-state index contributed by atoms with van der Waals surface area (Å²) in [5.74, 6) is 0.461. The molecule has 1 heterocycles. The van der Waals surface area contributed by atoms with Crippen molar-refractivity contribution in [2.45, 2.75) is 18.8 Å². The molecular weight excluding hydrogens is 296 g/mol. The average Bonchev–Trinajstić information content (AvgIpc) is 2.58. The molecule has 0 bridgehead atoms. The topological polar surface area (TPSA) is 41.1 Å². The fourth-order valence-corrected chi connectivity index (χ4v) is 2.95. The van der Waals surface area contributed by atoms with E-state index < -0.39 is 0 Å². The number of halogens is 1. The fourth-order valence-electron chi connectivity index (χ4n) is 2.83. The predicted molar refractivity (Wildman–Crippen MR) is 90.7 cm³/mol.